The summed E-state index contributed by atoms with van der Waals surface area (Å²) in [5, 5.41) is 7.49. The molecule has 0 spiro atoms. The van der Waals surface area contributed by atoms with Crippen LogP contribution in [0.4, 0.5) is 0 Å². The third-order valence-electron chi connectivity index (χ3n) is 4.28. The largest absolute Gasteiger partial charge is 0.358 e. The van der Waals surface area contributed by atoms with Crippen LogP contribution in [0, 0.1) is 19.8 Å². The van der Waals surface area contributed by atoms with E-state index in [0.717, 1.165) is 48.2 Å². The number of carbonyl (C=O) groups excluding carboxylic acids is 1. The smallest absolute Gasteiger partial charge is 0.251 e. The topological polar surface area (TPSA) is 56.9 Å². The first-order valence-corrected chi connectivity index (χ1v) is 7.23. The molecule has 4 nitrogen and oxygen atoms in total. The minimum Gasteiger partial charge on any atom is -0.358 e. The van der Waals surface area contributed by atoms with Gasteiger partial charge in [-0.15, -0.1) is 0 Å². The van der Waals surface area contributed by atoms with Crippen LogP contribution in [0.15, 0.2) is 18.2 Å². The van der Waals surface area contributed by atoms with Gasteiger partial charge in [-0.3, -0.25) is 4.79 Å². The Bertz CT molecular complexity index is 638. The lowest BCUT2D eigenvalue weighted by atomic mass is 10.1. The quantitative estimate of drug-likeness (QED) is 0.801. The fraction of sp³-hybridized carbons (Fsp3) is 0.438. The lowest BCUT2D eigenvalue weighted by Gasteiger charge is -2.10. The summed E-state index contributed by atoms with van der Waals surface area (Å²) in [7, 11) is 0. The second-order valence-corrected chi connectivity index (χ2v) is 5.70. The molecule has 0 bridgehead atoms. The summed E-state index contributed by atoms with van der Waals surface area (Å²) in [5.74, 6) is 0.593. The number of hydrogen-bond donors (Lipinski definition) is 3. The molecular formula is C16H21N3O. The van der Waals surface area contributed by atoms with E-state index < -0.39 is 0 Å². The van der Waals surface area contributed by atoms with Gasteiger partial charge in [-0.2, -0.15) is 0 Å². The monoisotopic (exact) mass is 271 g/mol. The zero-order chi connectivity index (χ0) is 14.1. The number of amides is 1. The van der Waals surface area contributed by atoms with Gasteiger partial charge in [0.15, 0.2) is 0 Å². The molecule has 3 rings (SSSR count). The zero-order valence-corrected chi connectivity index (χ0v) is 12.0. The van der Waals surface area contributed by atoms with Gasteiger partial charge >= 0.3 is 0 Å². The molecule has 1 aromatic heterocycles. The average Bonchev–Trinajstić information content (AvgIpc) is 3.06. The highest BCUT2D eigenvalue weighted by atomic mass is 16.1. The Balaban J connectivity index is 1.75. The van der Waals surface area contributed by atoms with E-state index >= 15 is 0 Å². The number of benzene rings is 1. The Morgan fingerprint density at radius 3 is 3.00 bits per heavy atom. The van der Waals surface area contributed by atoms with Crippen molar-refractivity contribution in [2.24, 2.45) is 5.92 Å². The average molecular weight is 271 g/mol. The number of nitrogens with one attached hydrogen (secondary N) is 3. The molecule has 3 N–H and O–H groups in total. The molecule has 0 radical (unpaired) electrons. The molecule has 20 heavy (non-hydrogen) atoms. The van der Waals surface area contributed by atoms with Crippen molar-refractivity contribution < 1.29 is 4.79 Å². The molecule has 1 aliphatic heterocycles. The van der Waals surface area contributed by atoms with Crippen molar-refractivity contribution in [2.45, 2.75) is 20.3 Å². The molecule has 1 aromatic carbocycles. The first-order chi connectivity index (χ1) is 9.65. The minimum atomic E-state index is 0.0250. The minimum absolute atomic E-state index is 0.0250. The van der Waals surface area contributed by atoms with Gasteiger partial charge in [0.25, 0.3) is 5.91 Å². The first-order valence-electron chi connectivity index (χ1n) is 7.23. The summed E-state index contributed by atoms with van der Waals surface area (Å²) >= 11 is 0. The number of aryl methyl sites for hydroxylation is 2. The van der Waals surface area contributed by atoms with Gasteiger partial charge in [0.05, 0.1) is 0 Å². The van der Waals surface area contributed by atoms with E-state index in [-0.39, 0.29) is 5.91 Å². The molecule has 2 heterocycles. The van der Waals surface area contributed by atoms with Gasteiger partial charge in [0, 0.05) is 28.7 Å². The molecule has 1 unspecified atom stereocenters. The molecule has 1 fully saturated rings. The van der Waals surface area contributed by atoms with Crippen LogP contribution in [0.3, 0.4) is 0 Å². The van der Waals surface area contributed by atoms with E-state index in [4.69, 9.17) is 0 Å². The van der Waals surface area contributed by atoms with Gasteiger partial charge in [-0.25, -0.2) is 0 Å². The summed E-state index contributed by atoms with van der Waals surface area (Å²) in [4.78, 5) is 15.6. The summed E-state index contributed by atoms with van der Waals surface area (Å²) in [6.07, 6.45) is 1.15. The van der Waals surface area contributed by atoms with Crippen molar-refractivity contribution in [1.82, 2.24) is 15.6 Å². The maximum absolute atomic E-state index is 12.2. The van der Waals surface area contributed by atoms with Crippen LogP contribution >= 0.6 is 0 Å². The van der Waals surface area contributed by atoms with Crippen molar-refractivity contribution in [2.75, 3.05) is 19.6 Å². The highest BCUT2D eigenvalue weighted by molar-refractivity contribution is 5.99. The number of H-pyrrole nitrogens is 1. The van der Waals surface area contributed by atoms with Crippen LogP contribution in [0.1, 0.15) is 28.0 Å². The Kier molecular flexibility index (Phi) is 3.49. The van der Waals surface area contributed by atoms with Gasteiger partial charge in [0.2, 0.25) is 0 Å². The highest BCUT2D eigenvalue weighted by Crippen LogP contribution is 2.22. The van der Waals surface area contributed by atoms with Crippen LogP contribution in [-0.4, -0.2) is 30.5 Å². The van der Waals surface area contributed by atoms with Crippen LogP contribution in [0.5, 0.6) is 0 Å². The number of aromatic amines is 1. The fourth-order valence-corrected chi connectivity index (χ4v) is 2.83. The zero-order valence-electron chi connectivity index (χ0n) is 12.0. The molecule has 106 valence electrons. The Morgan fingerprint density at radius 2 is 2.25 bits per heavy atom. The van der Waals surface area contributed by atoms with E-state index in [2.05, 4.69) is 29.5 Å². The number of rotatable bonds is 3. The van der Waals surface area contributed by atoms with Crippen molar-refractivity contribution >= 4 is 16.8 Å². The standard InChI is InChI=1S/C16H21N3O/c1-10-11(2)19-15-4-3-13(7-14(10)15)16(20)18-9-12-5-6-17-8-12/h3-4,7,12,17,19H,5-6,8-9H2,1-2H3,(H,18,20). The van der Waals surface area contributed by atoms with Crippen LogP contribution in [-0.2, 0) is 0 Å². The number of fused-ring (bicyclic) bond motifs is 1. The Morgan fingerprint density at radius 1 is 1.40 bits per heavy atom. The number of carbonyl (C=O) groups is 1. The summed E-state index contributed by atoms with van der Waals surface area (Å²) in [5.41, 5.74) is 4.21. The van der Waals surface area contributed by atoms with Crippen LogP contribution in [0.2, 0.25) is 0 Å². The molecule has 1 aliphatic rings. The Labute approximate surface area is 118 Å². The van der Waals surface area contributed by atoms with Crippen LogP contribution < -0.4 is 10.6 Å². The predicted molar refractivity (Wildman–Crippen MR) is 81.1 cm³/mol. The van der Waals surface area contributed by atoms with Crippen molar-refractivity contribution in [1.29, 1.82) is 0 Å². The fourth-order valence-electron chi connectivity index (χ4n) is 2.83. The van der Waals surface area contributed by atoms with Gasteiger partial charge in [-0.05, 0) is 63.0 Å². The SMILES string of the molecule is Cc1[nH]c2ccc(C(=O)NCC3CCNC3)cc2c1C. The van der Waals surface area contributed by atoms with E-state index in [1.807, 2.05) is 18.2 Å². The second kappa shape index (κ2) is 5.29. The Hall–Kier alpha value is -1.81. The summed E-state index contributed by atoms with van der Waals surface area (Å²) in [6.45, 7) is 6.97. The van der Waals surface area contributed by atoms with E-state index in [1.54, 1.807) is 0 Å². The first kappa shape index (κ1) is 13.2. The molecular weight excluding hydrogens is 250 g/mol. The second-order valence-electron chi connectivity index (χ2n) is 5.70. The van der Waals surface area contributed by atoms with Gasteiger partial charge < -0.3 is 15.6 Å². The normalized spacial score (nSPS) is 18.6. The maximum Gasteiger partial charge on any atom is 0.251 e. The van der Waals surface area contributed by atoms with Crippen molar-refractivity contribution in [3.63, 3.8) is 0 Å². The van der Waals surface area contributed by atoms with Crippen molar-refractivity contribution in [3.8, 4) is 0 Å². The highest BCUT2D eigenvalue weighted by Gasteiger charge is 2.16. The summed E-state index contributed by atoms with van der Waals surface area (Å²) < 4.78 is 0. The molecule has 4 heteroatoms. The number of hydrogen-bond acceptors (Lipinski definition) is 2. The molecule has 0 saturated carbocycles. The van der Waals surface area contributed by atoms with Gasteiger partial charge in [0.1, 0.15) is 0 Å². The van der Waals surface area contributed by atoms with Crippen LogP contribution in [0.25, 0.3) is 10.9 Å². The molecule has 0 aliphatic carbocycles. The predicted octanol–water partition coefficient (Wildman–Crippen LogP) is 2.12. The third-order valence-corrected chi connectivity index (χ3v) is 4.28. The lowest BCUT2D eigenvalue weighted by molar-refractivity contribution is 0.0948. The summed E-state index contributed by atoms with van der Waals surface area (Å²) in [6, 6.07) is 5.86. The maximum atomic E-state index is 12.2. The van der Waals surface area contributed by atoms with Gasteiger partial charge in [-0.1, -0.05) is 0 Å². The lowest BCUT2D eigenvalue weighted by Crippen LogP contribution is -2.30. The van der Waals surface area contributed by atoms with E-state index in [9.17, 15) is 4.79 Å². The molecule has 1 amide bonds. The molecule has 2 aromatic rings. The molecule has 1 saturated heterocycles. The van der Waals surface area contributed by atoms with Crippen molar-refractivity contribution in [3.05, 3.63) is 35.0 Å². The third kappa shape index (κ3) is 2.43. The molecule has 1 atom stereocenters. The number of aromatic nitrogens is 1. The van der Waals surface area contributed by atoms with E-state index in [0.29, 0.717) is 5.92 Å². The van der Waals surface area contributed by atoms with E-state index in [1.165, 1.54) is 5.56 Å².